The van der Waals surface area contributed by atoms with Crippen LogP contribution in [0.15, 0.2) is 18.2 Å². The molecule has 0 bridgehead atoms. The fourth-order valence-corrected chi connectivity index (χ4v) is 1.67. The lowest BCUT2D eigenvalue weighted by molar-refractivity contribution is -0.393. The molecule has 114 valence electrons. The highest BCUT2D eigenvalue weighted by atomic mass is 16.6. The SMILES string of the molecule is NCCCC(Nc1ccc([N+](=O)[O-])cc1[N+](=O)[O-])C(=O)O. The molecule has 1 aromatic rings. The van der Waals surface area contributed by atoms with Gasteiger partial charge in [-0.3, -0.25) is 20.2 Å². The van der Waals surface area contributed by atoms with Crippen molar-refractivity contribution in [1.82, 2.24) is 0 Å². The van der Waals surface area contributed by atoms with Gasteiger partial charge in [0, 0.05) is 6.07 Å². The van der Waals surface area contributed by atoms with Crippen LogP contribution in [-0.2, 0) is 4.79 Å². The molecule has 0 radical (unpaired) electrons. The second kappa shape index (κ2) is 7.14. The van der Waals surface area contributed by atoms with Crippen molar-refractivity contribution >= 4 is 23.0 Å². The van der Waals surface area contributed by atoms with Crippen molar-refractivity contribution in [3.63, 3.8) is 0 Å². The summed E-state index contributed by atoms with van der Waals surface area (Å²) in [6, 6.07) is 1.91. The molecule has 0 aromatic heterocycles. The average molecular weight is 298 g/mol. The summed E-state index contributed by atoms with van der Waals surface area (Å²) in [6.07, 6.45) is 0.602. The van der Waals surface area contributed by atoms with Crippen molar-refractivity contribution in [2.75, 3.05) is 11.9 Å². The van der Waals surface area contributed by atoms with Crippen molar-refractivity contribution in [1.29, 1.82) is 0 Å². The van der Waals surface area contributed by atoms with Gasteiger partial charge in [-0.15, -0.1) is 0 Å². The maximum Gasteiger partial charge on any atom is 0.326 e. The number of benzene rings is 1. The van der Waals surface area contributed by atoms with Gasteiger partial charge in [0.2, 0.25) is 0 Å². The van der Waals surface area contributed by atoms with Crippen LogP contribution >= 0.6 is 0 Å². The molecule has 10 nitrogen and oxygen atoms in total. The number of hydrogen-bond acceptors (Lipinski definition) is 7. The molecule has 10 heteroatoms. The summed E-state index contributed by atoms with van der Waals surface area (Å²) in [6.45, 7) is 0.286. The molecule has 0 saturated carbocycles. The molecule has 0 aliphatic carbocycles. The first-order valence-electron chi connectivity index (χ1n) is 5.99. The van der Waals surface area contributed by atoms with E-state index in [4.69, 9.17) is 10.8 Å². The summed E-state index contributed by atoms with van der Waals surface area (Å²) >= 11 is 0. The van der Waals surface area contributed by atoms with Gasteiger partial charge in [0.05, 0.1) is 15.9 Å². The Morgan fingerprint density at radius 3 is 2.48 bits per heavy atom. The molecule has 0 heterocycles. The van der Waals surface area contributed by atoms with E-state index in [9.17, 15) is 25.0 Å². The second-order valence-corrected chi connectivity index (χ2v) is 4.18. The number of nitro groups is 2. The molecule has 1 aromatic carbocycles. The monoisotopic (exact) mass is 298 g/mol. The lowest BCUT2D eigenvalue weighted by Gasteiger charge is -2.15. The molecule has 0 saturated heterocycles. The quantitative estimate of drug-likeness (QED) is 0.474. The lowest BCUT2D eigenvalue weighted by atomic mass is 10.1. The molecule has 0 fully saturated rings. The Labute approximate surface area is 118 Å². The zero-order chi connectivity index (χ0) is 16.0. The van der Waals surface area contributed by atoms with Gasteiger partial charge in [0.15, 0.2) is 0 Å². The highest BCUT2D eigenvalue weighted by Gasteiger charge is 2.24. The largest absolute Gasteiger partial charge is 0.480 e. The van der Waals surface area contributed by atoms with Gasteiger partial charge in [-0.25, -0.2) is 4.79 Å². The Kier molecular flexibility index (Phi) is 5.55. The first-order valence-corrected chi connectivity index (χ1v) is 5.99. The van der Waals surface area contributed by atoms with Gasteiger partial charge in [-0.2, -0.15) is 0 Å². The predicted octanol–water partition coefficient (Wildman–Crippen LogP) is 1.11. The van der Waals surface area contributed by atoms with Crippen LogP contribution in [0.25, 0.3) is 0 Å². The first-order chi connectivity index (χ1) is 9.86. The topological polar surface area (TPSA) is 162 Å². The van der Waals surface area contributed by atoms with Crippen molar-refractivity contribution in [2.24, 2.45) is 5.73 Å². The van der Waals surface area contributed by atoms with Crippen molar-refractivity contribution in [3.05, 3.63) is 38.4 Å². The van der Waals surface area contributed by atoms with E-state index in [1.165, 1.54) is 0 Å². The van der Waals surface area contributed by atoms with E-state index in [1.807, 2.05) is 0 Å². The Morgan fingerprint density at radius 1 is 1.33 bits per heavy atom. The first kappa shape index (κ1) is 16.3. The van der Waals surface area contributed by atoms with Crippen molar-refractivity contribution < 1.29 is 19.7 Å². The predicted molar refractivity (Wildman–Crippen MR) is 73.1 cm³/mol. The average Bonchev–Trinajstić information content (AvgIpc) is 2.42. The molecule has 4 N–H and O–H groups in total. The zero-order valence-electron chi connectivity index (χ0n) is 10.9. The minimum absolute atomic E-state index is 0.0879. The summed E-state index contributed by atoms with van der Waals surface area (Å²) in [7, 11) is 0. The molecule has 1 rings (SSSR count). The fourth-order valence-electron chi connectivity index (χ4n) is 1.67. The lowest BCUT2D eigenvalue weighted by Crippen LogP contribution is -2.30. The van der Waals surface area contributed by atoms with E-state index >= 15 is 0 Å². The highest BCUT2D eigenvalue weighted by Crippen LogP contribution is 2.29. The summed E-state index contributed by atoms with van der Waals surface area (Å²) in [4.78, 5) is 31.1. The van der Waals surface area contributed by atoms with E-state index in [2.05, 4.69) is 5.32 Å². The van der Waals surface area contributed by atoms with Gasteiger partial charge in [-0.1, -0.05) is 0 Å². The van der Waals surface area contributed by atoms with Crippen molar-refractivity contribution in [2.45, 2.75) is 18.9 Å². The molecule has 0 amide bonds. The number of anilines is 1. The maximum absolute atomic E-state index is 11.1. The van der Waals surface area contributed by atoms with Crippen LogP contribution in [0.5, 0.6) is 0 Å². The van der Waals surface area contributed by atoms with E-state index in [-0.39, 0.29) is 18.7 Å². The summed E-state index contributed by atoms with van der Waals surface area (Å²) < 4.78 is 0. The minimum Gasteiger partial charge on any atom is -0.480 e. The van der Waals surface area contributed by atoms with Crippen LogP contribution in [0.1, 0.15) is 12.8 Å². The van der Waals surface area contributed by atoms with Crippen LogP contribution < -0.4 is 11.1 Å². The number of aliphatic carboxylic acids is 1. The number of non-ortho nitro benzene ring substituents is 1. The Morgan fingerprint density at radius 2 is 2.00 bits per heavy atom. The zero-order valence-corrected chi connectivity index (χ0v) is 10.9. The van der Waals surface area contributed by atoms with Crippen LogP contribution in [0.2, 0.25) is 0 Å². The molecule has 0 aliphatic rings. The molecular weight excluding hydrogens is 284 g/mol. The number of nitrogens with one attached hydrogen (secondary N) is 1. The van der Waals surface area contributed by atoms with Gasteiger partial charge in [-0.05, 0) is 25.5 Å². The molecular formula is C11H14N4O6. The number of rotatable bonds is 8. The number of nitrogens with zero attached hydrogens (tertiary/aromatic N) is 2. The second-order valence-electron chi connectivity index (χ2n) is 4.18. The maximum atomic E-state index is 11.1. The van der Waals surface area contributed by atoms with Crippen LogP contribution in [0.4, 0.5) is 17.1 Å². The Balaban J connectivity index is 3.07. The normalized spacial score (nSPS) is 11.7. The Hall–Kier alpha value is -2.75. The summed E-state index contributed by atoms with van der Waals surface area (Å²) in [5, 5.41) is 33.1. The number of hydrogen-bond donors (Lipinski definition) is 3. The standard InChI is InChI=1S/C11H14N4O6/c12-5-1-2-9(11(16)17)13-8-4-3-7(14(18)19)6-10(8)15(20)21/h3-4,6,9,13H,1-2,5,12H2,(H,16,17). The minimum atomic E-state index is -1.18. The fraction of sp³-hybridized carbons (Fsp3) is 0.364. The molecule has 0 aliphatic heterocycles. The van der Waals surface area contributed by atoms with E-state index < -0.39 is 33.2 Å². The third kappa shape index (κ3) is 4.38. The Bertz CT molecular complexity index is 562. The highest BCUT2D eigenvalue weighted by molar-refractivity contribution is 5.79. The number of carboxylic acids is 1. The summed E-state index contributed by atoms with van der Waals surface area (Å²) in [5.41, 5.74) is 4.21. The summed E-state index contributed by atoms with van der Waals surface area (Å²) in [5.74, 6) is -1.18. The molecule has 1 unspecified atom stereocenters. The third-order valence-corrected chi connectivity index (χ3v) is 2.71. The van der Waals surface area contributed by atoms with Gasteiger partial charge in [0.1, 0.15) is 11.7 Å². The van der Waals surface area contributed by atoms with Crippen LogP contribution in [0.3, 0.4) is 0 Å². The van der Waals surface area contributed by atoms with E-state index in [0.717, 1.165) is 18.2 Å². The van der Waals surface area contributed by atoms with Gasteiger partial charge in [0.25, 0.3) is 11.4 Å². The molecule has 21 heavy (non-hydrogen) atoms. The number of carbonyl (C=O) groups is 1. The third-order valence-electron chi connectivity index (χ3n) is 2.71. The number of carboxylic acid groups (broad SMARTS) is 1. The smallest absolute Gasteiger partial charge is 0.326 e. The van der Waals surface area contributed by atoms with Crippen LogP contribution in [-0.4, -0.2) is 33.5 Å². The van der Waals surface area contributed by atoms with Gasteiger partial charge < -0.3 is 16.2 Å². The molecule has 1 atom stereocenters. The van der Waals surface area contributed by atoms with Crippen molar-refractivity contribution in [3.8, 4) is 0 Å². The van der Waals surface area contributed by atoms with Crippen LogP contribution in [0, 0.1) is 20.2 Å². The van der Waals surface area contributed by atoms with Gasteiger partial charge >= 0.3 is 5.97 Å². The van der Waals surface area contributed by atoms with E-state index in [1.54, 1.807) is 0 Å². The van der Waals surface area contributed by atoms with E-state index in [0.29, 0.717) is 6.42 Å². The number of nitro benzene ring substituents is 2. The number of nitrogens with two attached hydrogens (primary N) is 1. The molecule has 0 spiro atoms.